The Morgan fingerprint density at radius 3 is 1.82 bits per heavy atom. The first kappa shape index (κ1) is 15.0. The van der Waals surface area contributed by atoms with Crippen LogP contribution in [0, 0.1) is 3.57 Å². The van der Waals surface area contributed by atoms with E-state index < -0.39 is 0 Å². The molecule has 0 bridgehead atoms. The lowest BCUT2D eigenvalue weighted by molar-refractivity contribution is 0.564. The molecule has 0 aliphatic heterocycles. The van der Waals surface area contributed by atoms with Gasteiger partial charge in [0.15, 0.2) is 0 Å². The van der Waals surface area contributed by atoms with Crippen molar-refractivity contribution in [2.45, 2.75) is 65.7 Å². The Hall–Kier alpha value is -0.0500. The highest BCUT2D eigenvalue weighted by Crippen LogP contribution is 2.34. The van der Waals surface area contributed by atoms with E-state index in [0.29, 0.717) is 0 Å². The van der Waals surface area contributed by atoms with Gasteiger partial charge in [-0.2, -0.15) is 0 Å². The summed E-state index contributed by atoms with van der Waals surface area (Å²) in [7, 11) is 0. The molecule has 1 aromatic carbocycles. The van der Waals surface area contributed by atoms with Crippen molar-refractivity contribution in [1.82, 2.24) is 0 Å². The Bertz CT molecular complexity index is 403. The third kappa shape index (κ3) is 3.46. The van der Waals surface area contributed by atoms with Crippen LogP contribution in [0.4, 0.5) is 0 Å². The van der Waals surface area contributed by atoms with Gasteiger partial charge in [0.05, 0.1) is 0 Å². The predicted octanol–water partition coefficient (Wildman–Crippen LogP) is 5.45. The Morgan fingerprint density at radius 2 is 1.47 bits per heavy atom. The molecule has 0 saturated heterocycles. The van der Waals surface area contributed by atoms with Crippen molar-refractivity contribution in [2.24, 2.45) is 0 Å². The van der Waals surface area contributed by atoms with Crippen LogP contribution in [0.15, 0.2) is 12.1 Å². The molecule has 17 heavy (non-hydrogen) atoms. The molecule has 0 unspecified atom stereocenters. The molecule has 0 N–H and O–H groups in total. The van der Waals surface area contributed by atoms with E-state index in [9.17, 15) is 0 Å². The molecule has 1 heteroatoms. The van der Waals surface area contributed by atoms with E-state index in [1.807, 2.05) is 0 Å². The van der Waals surface area contributed by atoms with Crippen molar-refractivity contribution in [2.75, 3.05) is 0 Å². The summed E-state index contributed by atoms with van der Waals surface area (Å²) in [4.78, 5) is 0. The van der Waals surface area contributed by atoms with Gasteiger partial charge in [0.2, 0.25) is 0 Å². The average Bonchev–Trinajstić information content (AvgIpc) is 2.14. The summed E-state index contributed by atoms with van der Waals surface area (Å²) in [5, 5.41) is 0. The topological polar surface area (TPSA) is 0 Å². The van der Waals surface area contributed by atoms with Crippen LogP contribution in [-0.4, -0.2) is 0 Å². The fraction of sp³-hybridized carbons (Fsp3) is 0.625. The predicted molar refractivity (Wildman–Crippen MR) is 85.9 cm³/mol. The minimum atomic E-state index is 0.224. The number of halogens is 1. The van der Waals surface area contributed by atoms with Crippen LogP contribution in [-0.2, 0) is 17.3 Å². The summed E-state index contributed by atoms with van der Waals surface area (Å²) in [6.07, 6.45) is 1.12. The van der Waals surface area contributed by atoms with E-state index in [0.717, 1.165) is 6.42 Å². The maximum atomic E-state index is 2.51. The Morgan fingerprint density at radius 1 is 0.941 bits per heavy atom. The standard InChI is InChI=1S/C16H25I/c1-8-11-9-12(15(2,3)4)10-13(14(11)17)16(5,6)7/h9-10H,8H2,1-7H3. The highest BCUT2D eigenvalue weighted by atomic mass is 127. The molecule has 0 aromatic heterocycles. The molecule has 0 radical (unpaired) electrons. The molecule has 0 fully saturated rings. The summed E-state index contributed by atoms with van der Waals surface area (Å²) < 4.78 is 1.45. The van der Waals surface area contributed by atoms with E-state index in [2.05, 4.69) is 83.2 Å². The molecular weight excluding hydrogens is 319 g/mol. The van der Waals surface area contributed by atoms with Crippen LogP contribution in [0.5, 0.6) is 0 Å². The SMILES string of the molecule is CCc1cc(C(C)(C)C)cc(C(C)(C)C)c1I. The molecule has 0 spiro atoms. The zero-order chi connectivity index (χ0) is 13.4. The van der Waals surface area contributed by atoms with Crippen molar-refractivity contribution >= 4 is 22.6 Å². The molecule has 1 aromatic rings. The summed E-state index contributed by atoms with van der Waals surface area (Å²) in [5.41, 5.74) is 4.89. The summed E-state index contributed by atoms with van der Waals surface area (Å²) in [6.45, 7) is 16.0. The van der Waals surface area contributed by atoms with Gasteiger partial charge in [-0.05, 0) is 56.5 Å². The highest BCUT2D eigenvalue weighted by Gasteiger charge is 2.23. The number of hydrogen-bond acceptors (Lipinski definition) is 0. The van der Waals surface area contributed by atoms with Gasteiger partial charge in [0.1, 0.15) is 0 Å². The molecule has 0 aliphatic carbocycles. The summed E-state index contributed by atoms with van der Waals surface area (Å²) in [6, 6.07) is 4.79. The fourth-order valence-electron chi connectivity index (χ4n) is 1.92. The van der Waals surface area contributed by atoms with Gasteiger partial charge in [-0.3, -0.25) is 0 Å². The molecule has 0 heterocycles. The lowest BCUT2D eigenvalue weighted by Gasteiger charge is -2.27. The Labute approximate surface area is 120 Å². The maximum Gasteiger partial charge on any atom is 0.0199 e. The zero-order valence-corrected chi connectivity index (χ0v) is 14.4. The third-order valence-corrected chi connectivity index (χ3v) is 4.48. The van der Waals surface area contributed by atoms with Crippen LogP contribution in [0.2, 0.25) is 0 Å². The molecule has 0 aliphatic rings. The molecule has 0 nitrogen and oxygen atoms in total. The van der Waals surface area contributed by atoms with Gasteiger partial charge in [-0.25, -0.2) is 0 Å². The van der Waals surface area contributed by atoms with E-state index >= 15 is 0 Å². The summed E-state index contributed by atoms with van der Waals surface area (Å²) in [5.74, 6) is 0. The van der Waals surface area contributed by atoms with E-state index in [-0.39, 0.29) is 10.8 Å². The molecule has 0 amide bonds. The molecule has 96 valence electrons. The first-order valence-electron chi connectivity index (χ1n) is 6.40. The van der Waals surface area contributed by atoms with Crippen LogP contribution in [0.3, 0.4) is 0 Å². The largest absolute Gasteiger partial charge is 0.0613 e. The molecule has 0 atom stereocenters. The Balaban J connectivity index is 3.50. The number of rotatable bonds is 1. The smallest absolute Gasteiger partial charge is 0.0199 e. The van der Waals surface area contributed by atoms with Gasteiger partial charge >= 0.3 is 0 Å². The van der Waals surface area contributed by atoms with Gasteiger partial charge in [0.25, 0.3) is 0 Å². The van der Waals surface area contributed by atoms with Crippen molar-refractivity contribution < 1.29 is 0 Å². The number of benzene rings is 1. The van der Waals surface area contributed by atoms with E-state index in [4.69, 9.17) is 0 Å². The van der Waals surface area contributed by atoms with Gasteiger partial charge in [-0.15, -0.1) is 0 Å². The fourth-order valence-corrected chi connectivity index (χ4v) is 3.42. The monoisotopic (exact) mass is 344 g/mol. The second-order valence-corrected chi connectivity index (χ2v) is 7.93. The minimum absolute atomic E-state index is 0.224. The molecule has 1 rings (SSSR count). The van der Waals surface area contributed by atoms with Crippen LogP contribution in [0.25, 0.3) is 0 Å². The lowest BCUT2D eigenvalue weighted by atomic mass is 9.79. The zero-order valence-electron chi connectivity index (χ0n) is 12.2. The quantitative estimate of drug-likeness (QED) is 0.595. The van der Waals surface area contributed by atoms with Crippen LogP contribution in [0.1, 0.15) is 65.2 Å². The average molecular weight is 344 g/mol. The third-order valence-electron chi connectivity index (χ3n) is 3.20. The van der Waals surface area contributed by atoms with Crippen LogP contribution >= 0.6 is 22.6 Å². The summed E-state index contributed by atoms with van der Waals surface area (Å²) >= 11 is 2.51. The van der Waals surface area contributed by atoms with E-state index in [1.165, 1.54) is 20.3 Å². The normalized spacial score (nSPS) is 12.9. The second-order valence-electron chi connectivity index (χ2n) is 6.85. The Kier molecular flexibility index (Phi) is 4.33. The van der Waals surface area contributed by atoms with Crippen molar-refractivity contribution in [3.8, 4) is 0 Å². The van der Waals surface area contributed by atoms with Gasteiger partial charge < -0.3 is 0 Å². The minimum Gasteiger partial charge on any atom is -0.0613 e. The second kappa shape index (κ2) is 4.91. The first-order chi connectivity index (χ1) is 7.57. The van der Waals surface area contributed by atoms with Crippen molar-refractivity contribution in [3.63, 3.8) is 0 Å². The van der Waals surface area contributed by atoms with E-state index in [1.54, 1.807) is 0 Å². The van der Waals surface area contributed by atoms with Gasteiger partial charge in [-0.1, -0.05) is 60.6 Å². The molecular formula is C16H25I. The molecule has 0 saturated carbocycles. The highest BCUT2D eigenvalue weighted by molar-refractivity contribution is 14.1. The van der Waals surface area contributed by atoms with Gasteiger partial charge in [0, 0.05) is 3.57 Å². The number of aryl methyl sites for hydroxylation is 1. The number of hydrogen-bond donors (Lipinski definition) is 0. The first-order valence-corrected chi connectivity index (χ1v) is 7.48. The lowest BCUT2D eigenvalue weighted by Crippen LogP contribution is -2.19. The van der Waals surface area contributed by atoms with Crippen molar-refractivity contribution in [3.05, 3.63) is 32.4 Å². The van der Waals surface area contributed by atoms with Crippen molar-refractivity contribution in [1.29, 1.82) is 0 Å². The maximum absolute atomic E-state index is 2.51. The van der Waals surface area contributed by atoms with Crippen LogP contribution < -0.4 is 0 Å².